The molecular weight excluding hydrogens is 322 g/mol. The summed E-state index contributed by atoms with van der Waals surface area (Å²) in [6.45, 7) is 2.07. The lowest BCUT2D eigenvalue weighted by Gasteiger charge is -2.39. The lowest BCUT2D eigenvalue weighted by molar-refractivity contribution is -0.117. The van der Waals surface area contributed by atoms with Crippen LogP contribution in [0.3, 0.4) is 0 Å². The van der Waals surface area contributed by atoms with Crippen molar-refractivity contribution < 1.29 is 14.6 Å². The maximum absolute atomic E-state index is 10.7. The number of halogens is 1. The SMILES string of the molecule is Nc1ccc(Br)cc1C(O)C1CCOC2(CCOC2)C1. The molecule has 1 aromatic carbocycles. The van der Waals surface area contributed by atoms with Crippen LogP contribution in [-0.2, 0) is 9.47 Å². The van der Waals surface area contributed by atoms with Crippen LogP contribution in [0.5, 0.6) is 0 Å². The average Bonchev–Trinajstić information content (AvgIpc) is 2.88. The largest absolute Gasteiger partial charge is 0.398 e. The van der Waals surface area contributed by atoms with E-state index < -0.39 is 6.10 Å². The van der Waals surface area contributed by atoms with Gasteiger partial charge in [0, 0.05) is 35.4 Å². The maximum Gasteiger partial charge on any atom is 0.0940 e. The van der Waals surface area contributed by atoms with E-state index in [1.54, 1.807) is 0 Å². The van der Waals surface area contributed by atoms with Gasteiger partial charge in [0.2, 0.25) is 0 Å². The van der Waals surface area contributed by atoms with Crippen LogP contribution in [0.1, 0.15) is 30.9 Å². The van der Waals surface area contributed by atoms with Gasteiger partial charge in [-0.3, -0.25) is 0 Å². The van der Waals surface area contributed by atoms with Gasteiger partial charge in [-0.2, -0.15) is 0 Å². The number of rotatable bonds is 2. The number of anilines is 1. The van der Waals surface area contributed by atoms with E-state index in [-0.39, 0.29) is 11.5 Å². The van der Waals surface area contributed by atoms with Gasteiger partial charge >= 0.3 is 0 Å². The monoisotopic (exact) mass is 341 g/mol. The predicted molar refractivity (Wildman–Crippen MR) is 80.4 cm³/mol. The summed E-state index contributed by atoms with van der Waals surface area (Å²) in [5, 5.41) is 10.7. The summed E-state index contributed by atoms with van der Waals surface area (Å²) < 4.78 is 12.3. The van der Waals surface area contributed by atoms with Crippen molar-refractivity contribution in [2.24, 2.45) is 5.92 Å². The molecule has 3 unspecified atom stereocenters. The fourth-order valence-corrected chi connectivity index (χ4v) is 3.63. The summed E-state index contributed by atoms with van der Waals surface area (Å²) in [4.78, 5) is 0. The summed E-state index contributed by atoms with van der Waals surface area (Å²) in [5.74, 6) is 0.169. The highest BCUT2D eigenvalue weighted by atomic mass is 79.9. The summed E-state index contributed by atoms with van der Waals surface area (Å²) in [7, 11) is 0. The maximum atomic E-state index is 10.7. The Kier molecular flexibility index (Phi) is 4.04. The lowest BCUT2D eigenvalue weighted by atomic mass is 9.80. The highest BCUT2D eigenvalue weighted by molar-refractivity contribution is 9.10. The van der Waals surface area contributed by atoms with Gasteiger partial charge in [-0.15, -0.1) is 0 Å². The smallest absolute Gasteiger partial charge is 0.0940 e. The third kappa shape index (κ3) is 2.72. The van der Waals surface area contributed by atoms with Gasteiger partial charge in [0.25, 0.3) is 0 Å². The minimum absolute atomic E-state index is 0.169. The first-order chi connectivity index (χ1) is 9.60. The summed E-state index contributed by atoms with van der Waals surface area (Å²) >= 11 is 3.44. The molecule has 0 aliphatic carbocycles. The molecule has 0 radical (unpaired) electrons. The molecule has 2 heterocycles. The molecule has 4 nitrogen and oxygen atoms in total. The van der Waals surface area contributed by atoms with Crippen molar-refractivity contribution in [2.75, 3.05) is 25.6 Å². The number of aliphatic hydroxyl groups is 1. The first-order valence-electron chi connectivity index (χ1n) is 7.04. The molecule has 3 atom stereocenters. The number of hydrogen-bond acceptors (Lipinski definition) is 4. The first kappa shape index (κ1) is 14.3. The van der Waals surface area contributed by atoms with Crippen LogP contribution in [-0.4, -0.2) is 30.5 Å². The van der Waals surface area contributed by atoms with E-state index in [0.29, 0.717) is 18.9 Å². The standard InChI is InChI=1S/C15H20BrNO3/c16-11-1-2-13(17)12(7-11)14(18)10-3-5-20-15(8-10)4-6-19-9-15/h1-2,7,10,14,18H,3-6,8-9,17H2. The van der Waals surface area contributed by atoms with Gasteiger partial charge in [-0.25, -0.2) is 0 Å². The molecule has 3 N–H and O–H groups in total. The van der Waals surface area contributed by atoms with Crippen molar-refractivity contribution in [3.8, 4) is 0 Å². The third-order valence-corrected chi connectivity index (χ3v) is 4.91. The first-order valence-corrected chi connectivity index (χ1v) is 7.84. The Hall–Kier alpha value is -0.620. The van der Waals surface area contributed by atoms with Crippen molar-refractivity contribution in [1.82, 2.24) is 0 Å². The lowest BCUT2D eigenvalue weighted by Crippen LogP contribution is -2.42. The Labute approximate surface area is 127 Å². The number of ether oxygens (including phenoxy) is 2. The molecular formula is C15H20BrNO3. The van der Waals surface area contributed by atoms with Crippen LogP contribution in [0, 0.1) is 5.92 Å². The summed E-state index contributed by atoms with van der Waals surface area (Å²) in [5.41, 5.74) is 7.26. The zero-order valence-corrected chi connectivity index (χ0v) is 12.9. The molecule has 3 rings (SSSR count). The molecule has 0 amide bonds. The highest BCUT2D eigenvalue weighted by Crippen LogP contribution is 2.42. The minimum Gasteiger partial charge on any atom is -0.398 e. The van der Waals surface area contributed by atoms with Crippen LogP contribution >= 0.6 is 15.9 Å². The topological polar surface area (TPSA) is 64.7 Å². The molecule has 0 bridgehead atoms. The number of hydrogen-bond donors (Lipinski definition) is 2. The second kappa shape index (κ2) is 5.64. The van der Waals surface area contributed by atoms with Gasteiger partial charge in [0.15, 0.2) is 0 Å². The number of aliphatic hydroxyl groups excluding tert-OH is 1. The molecule has 2 aliphatic rings. The Bertz CT molecular complexity index is 488. The molecule has 2 aliphatic heterocycles. The number of nitrogens with two attached hydrogens (primary N) is 1. The van der Waals surface area contributed by atoms with E-state index in [2.05, 4.69) is 15.9 Å². The van der Waals surface area contributed by atoms with Gasteiger partial charge in [0.1, 0.15) is 0 Å². The van der Waals surface area contributed by atoms with E-state index in [1.165, 1.54) is 0 Å². The molecule has 1 aromatic rings. The van der Waals surface area contributed by atoms with Gasteiger partial charge < -0.3 is 20.3 Å². The van der Waals surface area contributed by atoms with Crippen LogP contribution in [0.25, 0.3) is 0 Å². The quantitative estimate of drug-likeness (QED) is 0.811. The van der Waals surface area contributed by atoms with Gasteiger partial charge in [-0.05, 0) is 37.0 Å². The van der Waals surface area contributed by atoms with E-state index in [1.807, 2.05) is 18.2 Å². The molecule has 0 aromatic heterocycles. The summed E-state index contributed by atoms with van der Waals surface area (Å²) in [6.07, 6.45) is 2.06. The zero-order chi connectivity index (χ0) is 14.2. The predicted octanol–water partition coefficient (Wildman–Crippen LogP) is 2.65. The average molecular weight is 342 g/mol. The zero-order valence-electron chi connectivity index (χ0n) is 11.3. The molecule has 1 spiro atoms. The molecule has 2 saturated heterocycles. The van der Waals surface area contributed by atoms with Crippen molar-refractivity contribution in [3.05, 3.63) is 28.2 Å². The van der Waals surface area contributed by atoms with E-state index in [9.17, 15) is 5.11 Å². The third-order valence-electron chi connectivity index (χ3n) is 4.41. The van der Waals surface area contributed by atoms with Crippen LogP contribution in [0.15, 0.2) is 22.7 Å². The minimum atomic E-state index is -0.547. The summed E-state index contributed by atoms with van der Waals surface area (Å²) in [6, 6.07) is 5.63. The molecule has 5 heteroatoms. The van der Waals surface area contributed by atoms with Crippen LogP contribution < -0.4 is 5.73 Å². The van der Waals surface area contributed by atoms with Gasteiger partial charge in [-0.1, -0.05) is 15.9 Å². The number of nitrogen functional groups attached to an aromatic ring is 1. The van der Waals surface area contributed by atoms with E-state index >= 15 is 0 Å². The second-order valence-electron chi connectivity index (χ2n) is 5.81. The molecule has 2 fully saturated rings. The van der Waals surface area contributed by atoms with Crippen LogP contribution in [0.2, 0.25) is 0 Å². The van der Waals surface area contributed by atoms with Crippen molar-refractivity contribution in [2.45, 2.75) is 31.0 Å². The number of benzene rings is 1. The Morgan fingerprint density at radius 1 is 1.40 bits per heavy atom. The Balaban J connectivity index is 1.79. The Morgan fingerprint density at radius 2 is 2.25 bits per heavy atom. The molecule has 110 valence electrons. The second-order valence-corrected chi connectivity index (χ2v) is 6.72. The Morgan fingerprint density at radius 3 is 3.00 bits per heavy atom. The van der Waals surface area contributed by atoms with Gasteiger partial charge in [0.05, 0.1) is 18.3 Å². The van der Waals surface area contributed by atoms with Crippen molar-refractivity contribution in [3.63, 3.8) is 0 Å². The molecule has 20 heavy (non-hydrogen) atoms. The normalized spacial score (nSPS) is 31.6. The van der Waals surface area contributed by atoms with E-state index in [0.717, 1.165) is 35.9 Å². The highest BCUT2D eigenvalue weighted by Gasteiger charge is 2.43. The van der Waals surface area contributed by atoms with Crippen molar-refractivity contribution in [1.29, 1.82) is 0 Å². The van der Waals surface area contributed by atoms with E-state index in [4.69, 9.17) is 15.2 Å². The fraction of sp³-hybridized carbons (Fsp3) is 0.600. The van der Waals surface area contributed by atoms with Crippen molar-refractivity contribution >= 4 is 21.6 Å². The van der Waals surface area contributed by atoms with Crippen LogP contribution in [0.4, 0.5) is 5.69 Å². The fourth-order valence-electron chi connectivity index (χ4n) is 3.25. The molecule has 0 saturated carbocycles.